The van der Waals surface area contributed by atoms with Crippen molar-refractivity contribution in [3.8, 4) is 0 Å². The maximum atomic E-state index is 12.4. The third kappa shape index (κ3) is 2.84. The molecule has 2 aromatic carbocycles. The molecule has 1 aliphatic heterocycles. The van der Waals surface area contributed by atoms with Crippen LogP contribution in [0, 0.1) is 13.8 Å². The molecule has 6 heteroatoms. The van der Waals surface area contributed by atoms with Crippen LogP contribution in [0.15, 0.2) is 48.5 Å². The molecule has 0 saturated carbocycles. The van der Waals surface area contributed by atoms with E-state index in [0.717, 1.165) is 33.2 Å². The van der Waals surface area contributed by atoms with E-state index in [9.17, 15) is 4.79 Å². The number of nitrogens with one attached hydrogen (secondary N) is 2. The van der Waals surface area contributed by atoms with E-state index in [1.807, 2.05) is 67.1 Å². The quantitative estimate of drug-likeness (QED) is 0.735. The smallest absolute Gasteiger partial charge is 0.255 e. The van der Waals surface area contributed by atoms with Gasteiger partial charge in [0.05, 0.1) is 17.8 Å². The second kappa shape index (κ2) is 6.50. The number of aryl methyl sites for hydroxylation is 1. The fraction of sp³-hybridized carbons (Fsp3) is 0.200. The van der Waals surface area contributed by atoms with Crippen LogP contribution in [0.1, 0.15) is 39.0 Å². The molecule has 1 amide bonds. The molecule has 26 heavy (non-hydrogen) atoms. The van der Waals surface area contributed by atoms with Crippen LogP contribution in [-0.2, 0) is 6.54 Å². The maximum Gasteiger partial charge on any atom is 0.255 e. The first-order valence-electron chi connectivity index (χ1n) is 8.48. The molecule has 0 fully saturated rings. The van der Waals surface area contributed by atoms with Crippen molar-refractivity contribution in [3.05, 3.63) is 81.6 Å². The number of benzene rings is 2. The number of hydrogen-bond acceptors (Lipinski definition) is 3. The van der Waals surface area contributed by atoms with Crippen molar-refractivity contribution in [2.75, 3.05) is 5.32 Å². The molecule has 0 radical (unpaired) electrons. The van der Waals surface area contributed by atoms with Crippen LogP contribution in [0.5, 0.6) is 0 Å². The minimum atomic E-state index is -0.308. The van der Waals surface area contributed by atoms with E-state index in [4.69, 9.17) is 11.6 Å². The molecule has 4 rings (SSSR count). The first kappa shape index (κ1) is 16.7. The van der Waals surface area contributed by atoms with Gasteiger partial charge in [0.25, 0.3) is 5.91 Å². The lowest BCUT2D eigenvalue weighted by atomic mass is 10.0. The average molecular weight is 367 g/mol. The fourth-order valence-electron chi connectivity index (χ4n) is 3.42. The molecule has 0 spiro atoms. The molecule has 0 aliphatic carbocycles. The van der Waals surface area contributed by atoms with Gasteiger partial charge in [-0.1, -0.05) is 41.9 Å². The number of amides is 1. The number of aromatic nitrogens is 2. The average Bonchev–Trinajstić information content (AvgIpc) is 2.90. The number of carbonyl (C=O) groups is 1. The molecule has 1 aliphatic rings. The lowest BCUT2D eigenvalue weighted by molar-refractivity contribution is 0.0935. The first-order valence-corrected chi connectivity index (χ1v) is 8.86. The summed E-state index contributed by atoms with van der Waals surface area (Å²) in [6, 6.07) is 15.3. The lowest BCUT2D eigenvalue weighted by Crippen LogP contribution is -2.39. The normalized spacial score (nSPS) is 16.0. The Morgan fingerprint density at radius 3 is 2.62 bits per heavy atom. The van der Waals surface area contributed by atoms with E-state index in [1.54, 1.807) is 0 Å². The predicted molar refractivity (Wildman–Crippen MR) is 103 cm³/mol. The molecule has 3 aromatic rings. The Labute approximate surface area is 157 Å². The Morgan fingerprint density at radius 1 is 1.08 bits per heavy atom. The summed E-state index contributed by atoms with van der Waals surface area (Å²) in [7, 11) is 0. The van der Waals surface area contributed by atoms with Gasteiger partial charge in [0.1, 0.15) is 6.17 Å². The standard InChI is InChI=1S/C20H19ClN4O/c1-12-18(19-22-17-10-6-4-8-15(17)20(26)23-19)13(2)25(24-12)11-14-7-3-5-9-16(14)21/h3-10,19,22H,11H2,1-2H3,(H,23,26)/t19-/m1/s1. The Balaban J connectivity index is 1.68. The van der Waals surface area contributed by atoms with Crippen molar-refractivity contribution < 1.29 is 4.79 Å². The lowest BCUT2D eigenvalue weighted by Gasteiger charge is -2.28. The third-order valence-electron chi connectivity index (χ3n) is 4.75. The van der Waals surface area contributed by atoms with Gasteiger partial charge in [0, 0.05) is 22.0 Å². The number of rotatable bonds is 3. The van der Waals surface area contributed by atoms with Gasteiger partial charge in [0.2, 0.25) is 0 Å². The second-order valence-corrected chi connectivity index (χ2v) is 6.84. The highest BCUT2D eigenvalue weighted by atomic mass is 35.5. The van der Waals surface area contributed by atoms with Gasteiger partial charge in [-0.05, 0) is 37.6 Å². The Hall–Kier alpha value is -2.79. The van der Waals surface area contributed by atoms with Gasteiger partial charge in [-0.25, -0.2) is 0 Å². The number of hydrogen-bond donors (Lipinski definition) is 2. The van der Waals surface area contributed by atoms with Crippen LogP contribution in [0.25, 0.3) is 0 Å². The van der Waals surface area contributed by atoms with Crippen LogP contribution < -0.4 is 10.6 Å². The highest BCUT2D eigenvalue weighted by molar-refractivity contribution is 6.31. The highest BCUT2D eigenvalue weighted by Gasteiger charge is 2.28. The second-order valence-electron chi connectivity index (χ2n) is 6.43. The van der Waals surface area contributed by atoms with Crippen molar-refractivity contribution in [1.29, 1.82) is 0 Å². The Bertz CT molecular complexity index is 995. The summed E-state index contributed by atoms with van der Waals surface area (Å²) in [5, 5.41) is 11.8. The summed E-state index contributed by atoms with van der Waals surface area (Å²) in [5.74, 6) is -0.0815. The number of fused-ring (bicyclic) bond motifs is 1. The largest absolute Gasteiger partial charge is 0.361 e. The SMILES string of the molecule is Cc1nn(Cc2ccccc2Cl)c(C)c1[C@H]1NC(=O)c2ccccc2N1. The summed E-state index contributed by atoms with van der Waals surface area (Å²) >= 11 is 6.29. The zero-order valence-corrected chi connectivity index (χ0v) is 15.3. The van der Waals surface area contributed by atoms with Crippen molar-refractivity contribution >= 4 is 23.2 Å². The van der Waals surface area contributed by atoms with E-state index in [2.05, 4.69) is 15.7 Å². The molecule has 1 atom stereocenters. The van der Waals surface area contributed by atoms with Gasteiger partial charge in [0.15, 0.2) is 0 Å². The minimum Gasteiger partial charge on any atom is -0.361 e. The number of halogens is 1. The van der Waals surface area contributed by atoms with Gasteiger partial charge in [-0.2, -0.15) is 5.10 Å². The zero-order chi connectivity index (χ0) is 18.3. The van der Waals surface area contributed by atoms with Gasteiger partial charge >= 0.3 is 0 Å². The van der Waals surface area contributed by atoms with E-state index >= 15 is 0 Å². The molecule has 2 heterocycles. The van der Waals surface area contributed by atoms with Crippen LogP contribution >= 0.6 is 11.6 Å². The summed E-state index contributed by atoms with van der Waals surface area (Å²) < 4.78 is 1.93. The number of anilines is 1. The van der Waals surface area contributed by atoms with Crippen molar-refractivity contribution in [2.45, 2.75) is 26.6 Å². The van der Waals surface area contributed by atoms with E-state index in [-0.39, 0.29) is 12.1 Å². The van der Waals surface area contributed by atoms with Crippen LogP contribution in [0.2, 0.25) is 5.02 Å². The molecule has 0 unspecified atom stereocenters. The van der Waals surface area contributed by atoms with Crippen LogP contribution in [-0.4, -0.2) is 15.7 Å². The van der Waals surface area contributed by atoms with Gasteiger partial charge < -0.3 is 10.6 Å². The molecule has 0 bridgehead atoms. The molecule has 0 saturated heterocycles. The number of para-hydroxylation sites is 1. The zero-order valence-electron chi connectivity index (χ0n) is 14.6. The molecule has 132 valence electrons. The summed E-state index contributed by atoms with van der Waals surface area (Å²) in [5.41, 5.74) is 5.37. The summed E-state index contributed by atoms with van der Waals surface area (Å²) in [6.45, 7) is 4.56. The van der Waals surface area contributed by atoms with E-state index in [1.165, 1.54) is 0 Å². The Morgan fingerprint density at radius 2 is 1.81 bits per heavy atom. The maximum absolute atomic E-state index is 12.4. The fourth-order valence-corrected chi connectivity index (χ4v) is 3.62. The van der Waals surface area contributed by atoms with Crippen LogP contribution in [0.3, 0.4) is 0 Å². The first-order chi connectivity index (χ1) is 12.5. The van der Waals surface area contributed by atoms with Crippen molar-refractivity contribution in [3.63, 3.8) is 0 Å². The van der Waals surface area contributed by atoms with Crippen LogP contribution in [0.4, 0.5) is 5.69 Å². The molecule has 2 N–H and O–H groups in total. The van der Waals surface area contributed by atoms with E-state index in [0.29, 0.717) is 12.1 Å². The molecule has 5 nitrogen and oxygen atoms in total. The minimum absolute atomic E-state index is 0.0815. The molecular formula is C20H19ClN4O. The molecule has 1 aromatic heterocycles. The van der Waals surface area contributed by atoms with Crippen molar-refractivity contribution in [1.82, 2.24) is 15.1 Å². The predicted octanol–water partition coefficient (Wildman–Crippen LogP) is 4.06. The van der Waals surface area contributed by atoms with Gasteiger partial charge in [-0.3, -0.25) is 9.48 Å². The van der Waals surface area contributed by atoms with Crippen molar-refractivity contribution in [2.24, 2.45) is 0 Å². The third-order valence-corrected chi connectivity index (χ3v) is 5.12. The van der Waals surface area contributed by atoms with Gasteiger partial charge in [-0.15, -0.1) is 0 Å². The summed E-state index contributed by atoms with van der Waals surface area (Å²) in [4.78, 5) is 12.4. The topological polar surface area (TPSA) is 59.0 Å². The number of nitrogens with zero attached hydrogens (tertiary/aromatic N) is 2. The summed E-state index contributed by atoms with van der Waals surface area (Å²) in [6.07, 6.45) is -0.308. The molecular weight excluding hydrogens is 348 g/mol. The highest BCUT2D eigenvalue weighted by Crippen LogP contribution is 2.30. The van der Waals surface area contributed by atoms with E-state index < -0.39 is 0 Å². The monoisotopic (exact) mass is 366 g/mol. The number of carbonyl (C=O) groups excluding carboxylic acids is 1. The Kier molecular flexibility index (Phi) is 4.17.